The molecule has 25 heavy (non-hydrogen) atoms. The number of ether oxygens (including phenoxy) is 2. The van der Waals surface area contributed by atoms with Gasteiger partial charge in [0.15, 0.2) is 0 Å². The summed E-state index contributed by atoms with van der Waals surface area (Å²) in [6.07, 6.45) is 2.20. The number of benzene rings is 2. The van der Waals surface area contributed by atoms with Crippen molar-refractivity contribution in [2.24, 2.45) is 0 Å². The molecular weight excluding hydrogens is 336 g/mol. The molecule has 4 heteroatoms. The zero-order chi connectivity index (χ0) is 18.4. The van der Waals surface area contributed by atoms with Crippen LogP contribution in [0.3, 0.4) is 0 Å². The van der Waals surface area contributed by atoms with E-state index in [9.17, 15) is 4.79 Å². The van der Waals surface area contributed by atoms with Gasteiger partial charge in [0.2, 0.25) is 0 Å². The molecule has 0 saturated carbocycles. The van der Waals surface area contributed by atoms with E-state index in [4.69, 9.17) is 21.1 Å². The molecule has 0 N–H and O–H groups in total. The first kappa shape index (κ1) is 19.3. The Morgan fingerprint density at radius 2 is 1.76 bits per heavy atom. The zero-order valence-corrected chi connectivity index (χ0v) is 16.1. The van der Waals surface area contributed by atoms with E-state index < -0.39 is 0 Å². The number of hydrogen-bond acceptors (Lipinski definition) is 3. The van der Waals surface area contributed by atoms with E-state index in [2.05, 4.69) is 32.9 Å². The van der Waals surface area contributed by atoms with Gasteiger partial charge in [-0.1, -0.05) is 44.5 Å². The minimum absolute atomic E-state index is 0.254. The second-order valence-corrected chi connectivity index (χ2v) is 6.33. The van der Waals surface area contributed by atoms with Gasteiger partial charge in [0.25, 0.3) is 0 Å². The number of rotatable bonds is 7. The summed E-state index contributed by atoms with van der Waals surface area (Å²) in [5.41, 5.74) is 4.40. The lowest BCUT2D eigenvalue weighted by Gasteiger charge is -2.16. The van der Waals surface area contributed by atoms with E-state index in [1.807, 2.05) is 0 Å². The molecule has 3 nitrogen and oxygen atoms in total. The molecule has 0 aromatic heterocycles. The highest BCUT2D eigenvalue weighted by Gasteiger charge is 2.14. The van der Waals surface area contributed by atoms with Crippen molar-refractivity contribution in [2.45, 2.75) is 53.6 Å². The lowest BCUT2D eigenvalue weighted by Crippen LogP contribution is -2.09. The fourth-order valence-corrected chi connectivity index (χ4v) is 2.91. The summed E-state index contributed by atoms with van der Waals surface area (Å²) in [6, 6.07) is 9.56. The van der Waals surface area contributed by atoms with Crippen molar-refractivity contribution in [1.29, 1.82) is 0 Å². The first-order valence-corrected chi connectivity index (χ1v) is 9.11. The Labute approximate surface area is 154 Å². The predicted molar refractivity (Wildman–Crippen MR) is 102 cm³/mol. The molecule has 0 amide bonds. The minimum atomic E-state index is -0.291. The van der Waals surface area contributed by atoms with Crippen LogP contribution < -0.4 is 9.47 Å². The quantitative estimate of drug-likeness (QED) is 0.471. The maximum atomic E-state index is 11.6. The molecular formula is C21H25ClO3. The molecule has 2 rings (SSSR count). The maximum absolute atomic E-state index is 11.6. The van der Waals surface area contributed by atoms with Crippen molar-refractivity contribution in [1.82, 2.24) is 0 Å². The van der Waals surface area contributed by atoms with Gasteiger partial charge in [-0.3, -0.25) is 4.79 Å². The van der Waals surface area contributed by atoms with Gasteiger partial charge in [-0.05, 0) is 54.7 Å². The van der Waals surface area contributed by atoms with Crippen molar-refractivity contribution in [3.63, 3.8) is 0 Å². The molecule has 2 aromatic carbocycles. The highest BCUT2D eigenvalue weighted by atomic mass is 35.5. The van der Waals surface area contributed by atoms with Crippen LogP contribution in [-0.4, -0.2) is 5.97 Å². The van der Waals surface area contributed by atoms with Gasteiger partial charge >= 0.3 is 5.97 Å². The molecule has 0 fully saturated rings. The Bertz CT molecular complexity index is 753. The number of carbonyl (C=O) groups is 1. The van der Waals surface area contributed by atoms with Gasteiger partial charge in [-0.2, -0.15) is 0 Å². The Balaban J connectivity index is 2.27. The second-order valence-electron chi connectivity index (χ2n) is 5.93. The van der Waals surface area contributed by atoms with Crippen molar-refractivity contribution >= 4 is 17.6 Å². The van der Waals surface area contributed by atoms with Gasteiger partial charge in [-0.25, -0.2) is 0 Å². The monoisotopic (exact) mass is 360 g/mol. The van der Waals surface area contributed by atoms with Crippen LogP contribution in [0.1, 0.15) is 49.4 Å². The smallest absolute Gasteiger partial charge is 0.310 e. The third kappa shape index (κ3) is 4.76. The maximum Gasteiger partial charge on any atom is 0.310 e. The molecule has 0 bridgehead atoms. The van der Waals surface area contributed by atoms with Gasteiger partial charge in [0.1, 0.15) is 18.1 Å². The summed E-state index contributed by atoms with van der Waals surface area (Å²) in [7, 11) is 0. The second kappa shape index (κ2) is 8.91. The van der Waals surface area contributed by atoms with Crippen LogP contribution in [0.15, 0.2) is 30.3 Å². The standard InChI is InChI=1S/C21H25ClO3/c1-5-15-12-16(6-2)20(11-14(15)4)24-13-17-18(22)9-8-10-19(17)25-21(23)7-3/h8-12H,5-7,13H2,1-4H3. The molecule has 0 radical (unpaired) electrons. The summed E-state index contributed by atoms with van der Waals surface area (Å²) in [5, 5.41) is 0.529. The van der Waals surface area contributed by atoms with Crippen molar-refractivity contribution in [3.8, 4) is 11.5 Å². The van der Waals surface area contributed by atoms with Crippen molar-refractivity contribution < 1.29 is 14.3 Å². The van der Waals surface area contributed by atoms with E-state index in [1.165, 1.54) is 16.7 Å². The van der Waals surface area contributed by atoms with E-state index in [0.29, 0.717) is 22.8 Å². The first-order valence-electron chi connectivity index (χ1n) is 8.73. The Morgan fingerprint density at radius 1 is 1.04 bits per heavy atom. The van der Waals surface area contributed by atoms with Crippen LogP contribution >= 0.6 is 11.6 Å². The number of carbonyl (C=O) groups excluding carboxylic acids is 1. The molecule has 2 aromatic rings. The third-order valence-corrected chi connectivity index (χ3v) is 4.60. The van der Waals surface area contributed by atoms with Crippen LogP contribution in [0.2, 0.25) is 5.02 Å². The van der Waals surface area contributed by atoms with Crippen LogP contribution in [0, 0.1) is 6.92 Å². The molecule has 0 aliphatic rings. The molecule has 0 unspecified atom stereocenters. The van der Waals surface area contributed by atoms with Crippen molar-refractivity contribution in [2.75, 3.05) is 0 Å². The summed E-state index contributed by atoms with van der Waals surface area (Å²) < 4.78 is 11.4. The van der Waals surface area contributed by atoms with Gasteiger partial charge in [0, 0.05) is 6.42 Å². The van der Waals surface area contributed by atoms with E-state index in [1.54, 1.807) is 25.1 Å². The molecule has 134 valence electrons. The molecule has 0 saturated heterocycles. The van der Waals surface area contributed by atoms with Crippen LogP contribution in [0.25, 0.3) is 0 Å². The molecule has 0 spiro atoms. The largest absolute Gasteiger partial charge is 0.488 e. The number of halogens is 1. The average Bonchev–Trinajstić information content (AvgIpc) is 2.61. The third-order valence-electron chi connectivity index (χ3n) is 4.24. The zero-order valence-electron chi connectivity index (χ0n) is 15.3. The topological polar surface area (TPSA) is 35.5 Å². The van der Waals surface area contributed by atoms with Crippen LogP contribution in [0.4, 0.5) is 0 Å². The van der Waals surface area contributed by atoms with Crippen LogP contribution in [0.5, 0.6) is 11.5 Å². The van der Waals surface area contributed by atoms with Gasteiger partial charge in [-0.15, -0.1) is 0 Å². The summed E-state index contributed by atoms with van der Waals surface area (Å²) >= 11 is 6.30. The SMILES string of the molecule is CCC(=O)Oc1cccc(Cl)c1COc1cc(C)c(CC)cc1CC. The summed E-state index contributed by atoms with van der Waals surface area (Å²) in [6.45, 7) is 8.37. The van der Waals surface area contributed by atoms with Crippen molar-refractivity contribution in [3.05, 3.63) is 57.6 Å². The first-order chi connectivity index (χ1) is 12.0. The fourth-order valence-electron chi connectivity index (χ4n) is 2.69. The molecule has 0 heterocycles. The number of hydrogen-bond donors (Lipinski definition) is 0. The lowest BCUT2D eigenvalue weighted by atomic mass is 10.0. The highest BCUT2D eigenvalue weighted by molar-refractivity contribution is 6.31. The predicted octanol–water partition coefficient (Wildman–Crippen LogP) is 5.67. The van der Waals surface area contributed by atoms with Gasteiger partial charge in [0.05, 0.1) is 10.6 Å². The molecule has 0 aliphatic heterocycles. The Kier molecular flexibility index (Phi) is 6.89. The molecule has 0 aliphatic carbocycles. The fraction of sp³-hybridized carbons (Fsp3) is 0.381. The number of aryl methyl sites for hydroxylation is 3. The van der Waals surface area contributed by atoms with Crippen LogP contribution in [-0.2, 0) is 24.2 Å². The molecule has 0 atom stereocenters. The van der Waals surface area contributed by atoms with Gasteiger partial charge < -0.3 is 9.47 Å². The van der Waals surface area contributed by atoms with E-state index >= 15 is 0 Å². The van der Waals surface area contributed by atoms with E-state index in [-0.39, 0.29) is 12.6 Å². The summed E-state index contributed by atoms with van der Waals surface area (Å²) in [4.78, 5) is 11.6. The minimum Gasteiger partial charge on any atom is -0.488 e. The normalized spacial score (nSPS) is 10.6. The Morgan fingerprint density at radius 3 is 2.40 bits per heavy atom. The highest BCUT2D eigenvalue weighted by Crippen LogP contribution is 2.30. The lowest BCUT2D eigenvalue weighted by molar-refractivity contribution is -0.134. The summed E-state index contributed by atoms with van der Waals surface area (Å²) in [5.74, 6) is 1.02. The van der Waals surface area contributed by atoms with E-state index in [0.717, 1.165) is 18.6 Å². The Hall–Kier alpha value is -2.00. The number of esters is 1. The average molecular weight is 361 g/mol.